The molecule has 26 heavy (non-hydrogen) atoms. The van der Waals surface area contributed by atoms with Gasteiger partial charge in [-0.15, -0.1) is 4.72 Å². The number of aromatic nitrogens is 1. The van der Waals surface area contributed by atoms with Gasteiger partial charge in [-0.25, -0.2) is 4.98 Å². The molecule has 0 radical (unpaired) electrons. The van der Waals surface area contributed by atoms with Gasteiger partial charge in [-0.2, -0.15) is 0 Å². The van der Waals surface area contributed by atoms with Gasteiger partial charge in [0.15, 0.2) is 0 Å². The summed E-state index contributed by atoms with van der Waals surface area (Å²) >= 11 is -1.20. The number of rotatable bonds is 5. The van der Waals surface area contributed by atoms with Crippen molar-refractivity contribution in [2.75, 3.05) is 11.4 Å². The zero-order valence-corrected chi connectivity index (χ0v) is 17.2. The predicted molar refractivity (Wildman–Crippen MR) is 106 cm³/mol. The average molecular weight is 379 g/mol. The molecule has 0 saturated carbocycles. The van der Waals surface area contributed by atoms with E-state index < -0.39 is 11.4 Å². The summed E-state index contributed by atoms with van der Waals surface area (Å²) in [6, 6.07) is 2.21. The summed E-state index contributed by atoms with van der Waals surface area (Å²) in [7, 11) is 0. The van der Waals surface area contributed by atoms with E-state index in [1.807, 2.05) is 26.8 Å². The minimum atomic E-state index is -1.20. The monoisotopic (exact) mass is 378 g/mol. The number of nitrogens with zero attached hydrogens (tertiary/aromatic N) is 2. The molecule has 2 unspecified atom stereocenters. The highest BCUT2D eigenvalue weighted by Crippen LogP contribution is 2.33. The SMILES string of the molecule is CCC(N[S+]([O-])C(C)(C)C)c1nc(N2CCC[C@H]2C)cc2c1CNC2=O. The number of amides is 1. The van der Waals surface area contributed by atoms with E-state index in [9.17, 15) is 9.35 Å². The van der Waals surface area contributed by atoms with Crippen LogP contribution in [0.3, 0.4) is 0 Å². The van der Waals surface area contributed by atoms with Crippen molar-refractivity contribution in [2.24, 2.45) is 0 Å². The van der Waals surface area contributed by atoms with E-state index in [-0.39, 0.29) is 16.7 Å². The summed E-state index contributed by atoms with van der Waals surface area (Å²) in [5.74, 6) is 0.825. The van der Waals surface area contributed by atoms with E-state index in [1.165, 1.54) is 0 Å². The molecule has 0 aliphatic carbocycles. The van der Waals surface area contributed by atoms with Gasteiger partial charge in [0, 0.05) is 41.6 Å². The molecule has 0 spiro atoms. The molecule has 7 heteroatoms. The van der Waals surface area contributed by atoms with Gasteiger partial charge in [-0.3, -0.25) is 4.79 Å². The number of carbonyl (C=O) groups excluding carboxylic acids is 1. The van der Waals surface area contributed by atoms with Crippen LogP contribution in [0.25, 0.3) is 0 Å². The average Bonchev–Trinajstić information content (AvgIpc) is 3.17. The first kappa shape index (κ1) is 19.5. The fourth-order valence-corrected chi connectivity index (χ4v) is 4.47. The fourth-order valence-electron chi connectivity index (χ4n) is 3.58. The number of fused-ring (bicyclic) bond motifs is 1. The van der Waals surface area contributed by atoms with E-state index >= 15 is 0 Å². The van der Waals surface area contributed by atoms with Crippen LogP contribution < -0.4 is 14.9 Å². The number of nitrogens with one attached hydrogen (secondary N) is 2. The maximum absolute atomic E-state index is 12.6. The maximum Gasteiger partial charge on any atom is 0.252 e. The number of pyridine rings is 1. The molecule has 1 fully saturated rings. The highest BCUT2D eigenvalue weighted by Gasteiger charge is 2.34. The lowest BCUT2D eigenvalue weighted by molar-refractivity contribution is 0.0965. The van der Waals surface area contributed by atoms with Crippen LogP contribution in [-0.2, 0) is 17.9 Å². The molecule has 1 aromatic heterocycles. The molecule has 1 aromatic rings. The van der Waals surface area contributed by atoms with E-state index in [0.717, 1.165) is 42.9 Å². The molecule has 3 atom stereocenters. The molecule has 144 valence electrons. The second-order valence-electron chi connectivity index (χ2n) is 8.22. The summed E-state index contributed by atoms with van der Waals surface area (Å²) < 4.78 is 15.5. The Labute approximate surface area is 159 Å². The Morgan fingerprint density at radius 1 is 1.50 bits per heavy atom. The summed E-state index contributed by atoms with van der Waals surface area (Å²) in [6.07, 6.45) is 3.04. The van der Waals surface area contributed by atoms with Crippen LogP contribution in [0.2, 0.25) is 0 Å². The Morgan fingerprint density at radius 2 is 2.23 bits per heavy atom. The normalized spacial score (nSPS) is 22.3. The third-order valence-corrected chi connectivity index (χ3v) is 6.82. The Hall–Kier alpha value is -1.31. The Bertz CT molecular complexity index is 689. The van der Waals surface area contributed by atoms with Crippen LogP contribution in [0.15, 0.2) is 6.07 Å². The fraction of sp³-hybridized carbons (Fsp3) is 0.684. The van der Waals surface area contributed by atoms with Crippen molar-refractivity contribution in [2.45, 2.75) is 77.3 Å². The lowest BCUT2D eigenvalue weighted by atomic mass is 10.0. The van der Waals surface area contributed by atoms with Gasteiger partial charge >= 0.3 is 0 Å². The summed E-state index contributed by atoms with van der Waals surface area (Å²) in [6.45, 7) is 11.6. The van der Waals surface area contributed by atoms with Crippen molar-refractivity contribution in [1.82, 2.24) is 15.0 Å². The third-order valence-electron chi connectivity index (χ3n) is 5.20. The predicted octanol–water partition coefficient (Wildman–Crippen LogP) is 2.82. The summed E-state index contributed by atoms with van der Waals surface area (Å²) in [5.41, 5.74) is 2.51. The van der Waals surface area contributed by atoms with Gasteiger partial charge in [0.25, 0.3) is 5.91 Å². The molecule has 1 amide bonds. The molecule has 2 N–H and O–H groups in total. The highest BCUT2D eigenvalue weighted by molar-refractivity contribution is 7.90. The first-order chi connectivity index (χ1) is 12.2. The standard InChI is InChI=1S/C19H30N4O2S/c1-6-15(22-26(25)19(3,4)5)17-14-11-20-18(24)13(14)10-16(21-17)23-9-7-8-12(23)2/h10,12,15,22H,6-9,11H2,1-5H3,(H,20,24)/t12-,15?,26?/m1/s1. The molecule has 1 saturated heterocycles. The first-order valence-corrected chi connectivity index (χ1v) is 10.6. The van der Waals surface area contributed by atoms with Crippen molar-refractivity contribution < 1.29 is 9.35 Å². The molecule has 0 aromatic carbocycles. The van der Waals surface area contributed by atoms with Gasteiger partial charge in [-0.1, -0.05) is 6.92 Å². The Morgan fingerprint density at radius 3 is 2.81 bits per heavy atom. The van der Waals surface area contributed by atoms with Crippen molar-refractivity contribution in [1.29, 1.82) is 0 Å². The molecule has 6 nitrogen and oxygen atoms in total. The van der Waals surface area contributed by atoms with Crippen LogP contribution in [0.4, 0.5) is 5.82 Å². The zero-order valence-electron chi connectivity index (χ0n) is 16.4. The van der Waals surface area contributed by atoms with E-state index in [1.54, 1.807) is 0 Å². The number of hydrogen-bond donors (Lipinski definition) is 2. The van der Waals surface area contributed by atoms with Gasteiger partial charge in [-0.05, 0) is 53.0 Å². The highest BCUT2D eigenvalue weighted by atomic mass is 32.2. The lowest BCUT2D eigenvalue weighted by Crippen LogP contribution is -2.41. The quantitative estimate of drug-likeness (QED) is 0.770. The molecular weight excluding hydrogens is 348 g/mol. The molecule has 2 aliphatic heterocycles. The van der Waals surface area contributed by atoms with Crippen LogP contribution >= 0.6 is 0 Å². The van der Waals surface area contributed by atoms with E-state index in [4.69, 9.17) is 4.98 Å². The van der Waals surface area contributed by atoms with Crippen molar-refractivity contribution in [3.63, 3.8) is 0 Å². The van der Waals surface area contributed by atoms with Gasteiger partial charge in [0.05, 0.1) is 11.7 Å². The largest absolute Gasteiger partial charge is 0.598 e. The van der Waals surface area contributed by atoms with Gasteiger partial charge in [0.1, 0.15) is 10.6 Å². The smallest absolute Gasteiger partial charge is 0.252 e. The summed E-state index contributed by atoms with van der Waals surface area (Å²) in [4.78, 5) is 19.6. The molecular formula is C19H30N4O2S. The lowest BCUT2D eigenvalue weighted by Gasteiger charge is -2.29. The number of carbonyl (C=O) groups is 1. The minimum absolute atomic E-state index is 0.0384. The van der Waals surface area contributed by atoms with Gasteiger partial charge in [0.2, 0.25) is 0 Å². The Balaban J connectivity index is 2.00. The summed E-state index contributed by atoms with van der Waals surface area (Å²) in [5, 5.41) is 2.92. The Kier molecular flexibility index (Phi) is 5.51. The topological polar surface area (TPSA) is 80.3 Å². The third kappa shape index (κ3) is 3.70. The van der Waals surface area contributed by atoms with Gasteiger partial charge < -0.3 is 14.8 Å². The van der Waals surface area contributed by atoms with E-state index in [0.29, 0.717) is 18.2 Å². The maximum atomic E-state index is 12.6. The van der Waals surface area contributed by atoms with Crippen LogP contribution in [0, 0.1) is 0 Å². The zero-order chi connectivity index (χ0) is 19.1. The second kappa shape index (κ2) is 7.37. The van der Waals surface area contributed by atoms with Crippen LogP contribution in [0.1, 0.15) is 81.5 Å². The van der Waals surface area contributed by atoms with Crippen LogP contribution in [0.5, 0.6) is 0 Å². The number of hydrogen-bond acceptors (Lipinski definition) is 5. The molecule has 3 rings (SSSR count). The molecule has 3 heterocycles. The van der Waals surface area contributed by atoms with E-state index in [2.05, 4.69) is 28.8 Å². The van der Waals surface area contributed by atoms with Crippen molar-refractivity contribution >= 4 is 23.1 Å². The van der Waals surface area contributed by atoms with Crippen LogP contribution in [-0.4, -0.2) is 32.8 Å². The first-order valence-electron chi connectivity index (χ1n) is 9.49. The molecule has 0 bridgehead atoms. The van der Waals surface area contributed by atoms with Crippen molar-refractivity contribution in [3.8, 4) is 0 Å². The molecule has 2 aliphatic rings. The number of anilines is 1. The van der Waals surface area contributed by atoms with Crippen molar-refractivity contribution in [3.05, 3.63) is 22.9 Å². The minimum Gasteiger partial charge on any atom is -0.598 e. The second-order valence-corrected chi connectivity index (χ2v) is 10.2.